The fraction of sp³-hybridized carbons (Fsp3) is 0.300. The molecule has 2 aliphatic rings. The number of para-hydroxylation sites is 1. The van der Waals surface area contributed by atoms with Gasteiger partial charge in [0.2, 0.25) is 5.91 Å². The lowest BCUT2D eigenvalue weighted by Crippen LogP contribution is -2.70. The molecule has 1 amide bonds. The van der Waals surface area contributed by atoms with Crippen LogP contribution in [0.25, 0.3) is 0 Å². The highest BCUT2D eigenvalue weighted by atomic mass is 35.5. The van der Waals surface area contributed by atoms with Crippen LogP contribution in [0.5, 0.6) is 11.5 Å². The summed E-state index contributed by atoms with van der Waals surface area (Å²) in [5.74, 6) is 0.503. The molecule has 0 aliphatic carbocycles. The van der Waals surface area contributed by atoms with Crippen molar-refractivity contribution in [3.63, 3.8) is 0 Å². The molecule has 1 fully saturated rings. The van der Waals surface area contributed by atoms with Crippen molar-refractivity contribution in [2.45, 2.75) is 25.6 Å². The molecular weight excluding hydrogens is 398 g/mol. The van der Waals surface area contributed by atoms with Gasteiger partial charge in [-0.05, 0) is 56.4 Å². The maximum Gasteiger partial charge on any atom is 0.236 e. The second kappa shape index (κ2) is 7.14. The van der Waals surface area contributed by atoms with Gasteiger partial charge in [0.05, 0.1) is 12.6 Å². The Bertz CT molecular complexity index is 937. The van der Waals surface area contributed by atoms with Crippen molar-refractivity contribution in [1.29, 1.82) is 0 Å². The van der Waals surface area contributed by atoms with Gasteiger partial charge in [0, 0.05) is 16.3 Å². The maximum atomic E-state index is 13.2. The Labute approximate surface area is 173 Å². The summed E-state index contributed by atoms with van der Waals surface area (Å²) in [6, 6.07) is 12.3. The standard InChI is InChI=1S/C20H20ClN3O3S/c1-3-26-14-6-4-5-13-16-15(18(25)22-12-9-7-11(21)8-10-12)20(2,27-17(13)14)24-19(28)23-16/h4-10,15-16H,3H2,1-2H3,(H,22,25)(H2,23,24,28)/t15-,16+,20+/m1/s1. The molecule has 28 heavy (non-hydrogen) atoms. The van der Waals surface area contributed by atoms with Gasteiger partial charge in [-0.2, -0.15) is 0 Å². The average Bonchev–Trinajstić information content (AvgIpc) is 2.63. The quantitative estimate of drug-likeness (QED) is 0.660. The van der Waals surface area contributed by atoms with Crippen LogP contribution in [0.4, 0.5) is 5.69 Å². The van der Waals surface area contributed by atoms with Gasteiger partial charge in [0.25, 0.3) is 0 Å². The third kappa shape index (κ3) is 3.25. The number of anilines is 1. The highest BCUT2D eigenvalue weighted by Crippen LogP contribution is 2.48. The molecule has 3 atom stereocenters. The van der Waals surface area contributed by atoms with Gasteiger partial charge >= 0.3 is 0 Å². The maximum absolute atomic E-state index is 13.2. The largest absolute Gasteiger partial charge is 0.490 e. The summed E-state index contributed by atoms with van der Waals surface area (Å²) >= 11 is 11.3. The van der Waals surface area contributed by atoms with Crippen LogP contribution < -0.4 is 25.4 Å². The summed E-state index contributed by atoms with van der Waals surface area (Å²) < 4.78 is 12.0. The summed E-state index contributed by atoms with van der Waals surface area (Å²) in [5, 5.41) is 10.3. The van der Waals surface area contributed by atoms with Crippen LogP contribution in [-0.2, 0) is 4.79 Å². The van der Waals surface area contributed by atoms with Crippen LogP contribution in [0.2, 0.25) is 5.02 Å². The molecule has 0 aromatic heterocycles. The number of carbonyl (C=O) groups excluding carboxylic acids is 1. The fourth-order valence-electron chi connectivity index (χ4n) is 3.75. The van der Waals surface area contributed by atoms with Crippen LogP contribution in [0.1, 0.15) is 25.5 Å². The first-order chi connectivity index (χ1) is 13.4. The van der Waals surface area contributed by atoms with E-state index in [2.05, 4.69) is 16.0 Å². The van der Waals surface area contributed by atoms with Crippen molar-refractivity contribution >= 4 is 40.5 Å². The van der Waals surface area contributed by atoms with Gasteiger partial charge in [0.1, 0.15) is 5.92 Å². The zero-order valence-corrected chi connectivity index (χ0v) is 17.0. The number of hydrogen-bond donors (Lipinski definition) is 3. The van der Waals surface area contributed by atoms with Crippen molar-refractivity contribution in [1.82, 2.24) is 10.6 Å². The minimum absolute atomic E-state index is 0.190. The van der Waals surface area contributed by atoms with Crippen LogP contribution in [0.3, 0.4) is 0 Å². The third-order valence-corrected chi connectivity index (χ3v) is 5.40. The van der Waals surface area contributed by atoms with Crippen molar-refractivity contribution in [3.05, 3.63) is 53.1 Å². The molecule has 4 rings (SSSR count). The lowest BCUT2D eigenvalue weighted by atomic mass is 9.79. The van der Waals surface area contributed by atoms with E-state index in [-0.39, 0.29) is 11.9 Å². The average molecular weight is 418 g/mol. The topological polar surface area (TPSA) is 71.6 Å². The molecule has 2 bridgehead atoms. The van der Waals surface area contributed by atoms with E-state index in [1.54, 1.807) is 24.3 Å². The summed E-state index contributed by atoms with van der Waals surface area (Å²) in [7, 11) is 0. The van der Waals surface area contributed by atoms with Crippen molar-refractivity contribution in [2.24, 2.45) is 5.92 Å². The molecule has 2 aliphatic heterocycles. The Morgan fingerprint density at radius 2 is 2.07 bits per heavy atom. The normalized spacial score (nSPS) is 24.9. The van der Waals surface area contributed by atoms with E-state index in [0.29, 0.717) is 33.9 Å². The first-order valence-electron chi connectivity index (χ1n) is 9.01. The highest BCUT2D eigenvalue weighted by molar-refractivity contribution is 7.80. The van der Waals surface area contributed by atoms with Crippen LogP contribution in [-0.4, -0.2) is 23.4 Å². The minimum atomic E-state index is -1.02. The Kier molecular flexibility index (Phi) is 4.81. The number of benzene rings is 2. The molecule has 2 aromatic carbocycles. The number of rotatable bonds is 4. The second-order valence-electron chi connectivity index (χ2n) is 6.87. The van der Waals surface area contributed by atoms with Crippen LogP contribution in [0.15, 0.2) is 42.5 Å². The minimum Gasteiger partial charge on any atom is -0.490 e. The molecule has 6 nitrogen and oxygen atoms in total. The summed E-state index contributed by atoms with van der Waals surface area (Å²) in [6.45, 7) is 4.25. The Morgan fingerprint density at radius 1 is 1.32 bits per heavy atom. The number of hydrogen-bond acceptors (Lipinski definition) is 4. The molecule has 2 heterocycles. The zero-order valence-electron chi connectivity index (χ0n) is 15.4. The first kappa shape index (κ1) is 18.8. The number of thiocarbonyl (C=S) groups is 1. The SMILES string of the molecule is CCOc1cccc2c1O[C@]1(C)NC(=S)N[C@@H]2[C@@H]1C(=O)Nc1ccc(Cl)cc1. The van der Waals surface area contributed by atoms with E-state index in [1.807, 2.05) is 32.0 Å². The zero-order chi connectivity index (χ0) is 19.9. The Balaban J connectivity index is 1.72. The Hall–Kier alpha value is -2.51. The lowest BCUT2D eigenvalue weighted by molar-refractivity contribution is -0.132. The van der Waals surface area contributed by atoms with E-state index in [0.717, 1.165) is 5.56 Å². The number of halogens is 1. The molecule has 0 spiro atoms. The third-order valence-electron chi connectivity index (χ3n) is 4.93. The van der Waals surface area contributed by atoms with Gasteiger partial charge in [-0.25, -0.2) is 0 Å². The number of nitrogens with one attached hydrogen (secondary N) is 3. The molecule has 3 N–H and O–H groups in total. The van der Waals surface area contributed by atoms with Crippen molar-refractivity contribution in [2.75, 3.05) is 11.9 Å². The molecule has 2 aromatic rings. The summed E-state index contributed by atoms with van der Waals surface area (Å²) in [5.41, 5.74) is 0.472. The molecule has 0 unspecified atom stereocenters. The van der Waals surface area contributed by atoms with E-state index in [1.165, 1.54) is 0 Å². The number of carbonyl (C=O) groups is 1. The van der Waals surface area contributed by atoms with E-state index >= 15 is 0 Å². The van der Waals surface area contributed by atoms with Gasteiger partial charge in [-0.3, -0.25) is 4.79 Å². The van der Waals surface area contributed by atoms with Crippen molar-refractivity contribution in [3.8, 4) is 11.5 Å². The second-order valence-corrected chi connectivity index (χ2v) is 7.71. The van der Waals surface area contributed by atoms with E-state index in [4.69, 9.17) is 33.3 Å². The molecule has 0 radical (unpaired) electrons. The van der Waals surface area contributed by atoms with Crippen LogP contribution >= 0.6 is 23.8 Å². The smallest absolute Gasteiger partial charge is 0.236 e. The molecule has 8 heteroatoms. The van der Waals surface area contributed by atoms with Crippen LogP contribution in [0, 0.1) is 5.92 Å². The fourth-order valence-corrected chi connectivity index (χ4v) is 4.21. The summed E-state index contributed by atoms with van der Waals surface area (Å²) in [6.07, 6.45) is 0. The van der Waals surface area contributed by atoms with Gasteiger partial charge < -0.3 is 25.4 Å². The van der Waals surface area contributed by atoms with E-state index < -0.39 is 11.6 Å². The first-order valence-corrected chi connectivity index (χ1v) is 9.80. The predicted molar refractivity (Wildman–Crippen MR) is 112 cm³/mol. The summed E-state index contributed by atoms with van der Waals surface area (Å²) in [4.78, 5) is 13.2. The predicted octanol–water partition coefficient (Wildman–Crippen LogP) is 3.62. The van der Waals surface area contributed by atoms with Gasteiger partial charge in [-0.15, -0.1) is 0 Å². The molecule has 0 saturated carbocycles. The molecular formula is C20H20ClN3O3S. The molecule has 1 saturated heterocycles. The number of fused-ring (bicyclic) bond motifs is 4. The number of amides is 1. The highest BCUT2D eigenvalue weighted by Gasteiger charge is 2.55. The molecule has 146 valence electrons. The number of ether oxygens (including phenoxy) is 2. The van der Waals surface area contributed by atoms with Gasteiger partial charge in [0.15, 0.2) is 22.3 Å². The van der Waals surface area contributed by atoms with E-state index in [9.17, 15) is 4.79 Å². The lowest BCUT2D eigenvalue weighted by Gasteiger charge is -2.50. The van der Waals surface area contributed by atoms with Gasteiger partial charge in [-0.1, -0.05) is 23.7 Å². The van der Waals surface area contributed by atoms with Crippen molar-refractivity contribution < 1.29 is 14.3 Å². The monoisotopic (exact) mass is 417 g/mol. The Morgan fingerprint density at radius 3 is 2.79 bits per heavy atom.